The Kier molecular flexibility index (Phi) is 5.34. The van der Waals surface area contributed by atoms with Crippen LogP contribution in [0.4, 0.5) is 11.4 Å². The minimum absolute atomic E-state index is 0.0657. The van der Waals surface area contributed by atoms with Crippen molar-refractivity contribution in [2.24, 2.45) is 0 Å². The summed E-state index contributed by atoms with van der Waals surface area (Å²) in [5.41, 5.74) is 0.912. The fourth-order valence-electron chi connectivity index (χ4n) is 2.71. The van der Waals surface area contributed by atoms with E-state index in [2.05, 4.69) is 0 Å². The number of amides is 2. The van der Waals surface area contributed by atoms with Crippen molar-refractivity contribution in [2.45, 2.75) is 19.1 Å². The van der Waals surface area contributed by atoms with Gasteiger partial charge in [0.1, 0.15) is 0 Å². The Bertz CT molecular complexity index is 970. The van der Waals surface area contributed by atoms with Gasteiger partial charge in [0.05, 0.1) is 26.1 Å². The van der Waals surface area contributed by atoms with Crippen molar-refractivity contribution in [3.63, 3.8) is 0 Å². The number of nitrogens with zero attached hydrogens (tertiary/aromatic N) is 2. The highest BCUT2D eigenvalue weighted by Gasteiger charge is 2.41. The number of anilines is 1. The highest BCUT2D eigenvalue weighted by atomic mass is 35.5. The Morgan fingerprint density at radius 3 is 2.22 bits per heavy atom. The summed E-state index contributed by atoms with van der Waals surface area (Å²) in [6.45, 7) is 3.84. The molecule has 6 nitrogen and oxygen atoms in total. The summed E-state index contributed by atoms with van der Waals surface area (Å²) in [6.07, 6.45) is 0. The number of halogens is 1. The first kappa shape index (κ1) is 19.1. The average Bonchev–Trinajstić information content (AvgIpc) is 2.85. The number of nitro groups is 1. The summed E-state index contributed by atoms with van der Waals surface area (Å²) >= 11 is 7.47. The van der Waals surface area contributed by atoms with Crippen molar-refractivity contribution >= 4 is 52.1 Å². The van der Waals surface area contributed by atoms with E-state index in [1.807, 2.05) is 13.8 Å². The number of carbonyl (C=O) groups excluding carboxylic acids is 2. The second-order valence-electron chi connectivity index (χ2n) is 6.07. The van der Waals surface area contributed by atoms with Crippen LogP contribution >= 0.6 is 23.4 Å². The molecule has 0 unspecified atom stereocenters. The van der Waals surface area contributed by atoms with Crippen LogP contribution in [0.5, 0.6) is 0 Å². The molecule has 0 fully saturated rings. The number of thioether (sulfide) groups is 1. The maximum absolute atomic E-state index is 13.1. The maximum atomic E-state index is 13.1. The van der Waals surface area contributed by atoms with E-state index in [4.69, 9.17) is 11.6 Å². The van der Waals surface area contributed by atoms with E-state index >= 15 is 0 Å². The fourth-order valence-corrected chi connectivity index (χ4v) is 3.92. The molecule has 0 atom stereocenters. The van der Waals surface area contributed by atoms with Gasteiger partial charge in [0, 0.05) is 17.4 Å². The average molecular weight is 403 g/mol. The van der Waals surface area contributed by atoms with Crippen LogP contribution < -0.4 is 4.90 Å². The number of benzene rings is 2. The van der Waals surface area contributed by atoms with Gasteiger partial charge >= 0.3 is 0 Å². The number of imide groups is 1. The third-order valence-electron chi connectivity index (χ3n) is 3.86. The molecule has 2 aromatic rings. The molecule has 2 amide bonds. The molecule has 0 aromatic heterocycles. The summed E-state index contributed by atoms with van der Waals surface area (Å²) in [5, 5.41) is 11.2. The topological polar surface area (TPSA) is 80.5 Å². The van der Waals surface area contributed by atoms with Crippen LogP contribution in [-0.4, -0.2) is 22.0 Å². The van der Waals surface area contributed by atoms with E-state index in [0.29, 0.717) is 16.2 Å². The number of carbonyl (C=O) groups is 2. The van der Waals surface area contributed by atoms with Gasteiger partial charge in [-0.05, 0) is 29.8 Å². The lowest BCUT2D eigenvalue weighted by Gasteiger charge is -2.16. The van der Waals surface area contributed by atoms with E-state index in [1.165, 1.54) is 36.0 Å². The number of hydrogen-bond acceptors (Lipinski definition) is 5. The molecule has 27 heavy (non-hydrogen) atoms. The Morgan fingerprint density at radius 1 is 1.04 bits per heavy atom. The van der Waals surface area contributed by atoms with Crippen molar-refractivity contribution in [3.05, 3.63) is 74.1 Å². The molecule has 1 heterocycles. The fraction of sp³-hybridized carbons (Fsp3) is 0.158. The Balaban J connectivity index is 2.11. The summed E-state index contributed by atoms with van der Waals surface area (Å²) in [5.74, 6) is -0.940. The van der Waals surface area contributed by atoms with Crippen LogP contribution in [0.25, 0.3) is 5.57 Å². The van der Waals surface area contributed by atoms with Crippen LogP contribution in [0.1, 0.15) is 19.4 Å². The lowest BCUT2D eigenvalue weighted by molar-refractivity contribution is -0.384. The smallest absolute Gasteiger partial charge is 0.268 e. The second kappa shape index (κ2) is 7.54. The van der Waals surface area contributed by atoms with Gasteiger partial charge in [-0.1, -0.05) is 37.6 Å². The standard InChI is InChI=1S/C19H15ClN2O4S/c1-11(2)27-17-16(12-7-9-13(10-8-12)22(25)26)18(23)21(19(17)24)15-6-4-3-5-14(15)20/h3-11H,1-2H3. The maximum Gasteiger partial charge on any atom is 0.272 e. The SMILES string of the molecule is CC(C)SC1=C(c2ccc([N+](=O)[O-])cc2)C(=O)N(c2ccccc2Cl)C1=O. The molecule has 0 radical (unpaired) electrons. The van der Waals surface area contributed by atoms with Crippen LogP contribution in [0.3, 0.4) is 0 Å². The number of non-ortho nitro benzene ring substituents is 1. The molecular formula is C19H15ClN2O4S. The molecule has 0 saturated carbocycles. The molecule has 2 aromatic carbocycles. The van der Waals surface area contributed by atoms with Gasteiger partial charge in [-0.2, -0.15) is 0 Å². The van der Waals surface area contributed by atoms with Gasteiger partial charge in [0.25, 0.3) is 17.5 Å². The molecular weight excluding hydrogens is 388 g/mol. The second-order valence-corrected chi connectivity index (χ2v) is 8.07. The Labute approximate surface area is 165 Å². The number of hydrogen-bond donors (Lipinski definition) is 0. The quantitative estimate of drug-likeness (QED) is 0.412. The Hall–Kier alpha value is -2.64. The summed E-state index contributed by atoms with van der Waals surface area (Å²) in [7, 11) is 0. The van der Waals surface area contributed by atoms with Gasteiger partial charge in [-0.15, -0.1) is 11.8 Å². The monoisotopic (exact) mass is 402 g/mol. The van der Waals surface area contributed by atoms with Crippen LogP contribution in [0.15, 0.2) is 53.4 Å². The zero-order valence-corrected chi connectivity index (χ0v) is 16.1. The number of rotatable bonds is 5. The van der Waals surface area contributed by atoms with E-state index < -0.39 is 16.7 Å². The molecule has 0 spiro atoms. The zero-order valence-electron chi connectivity index (χ0n) is 14.5. The molecule has 0 bridgehead atoms. The highest BCUT2D eigenvalue weighted by Crippen LogP contribution is 2.41. The minimum Gasteiger partial charge on any atom is -0.268 e. The summed E-state index contributed by atoms with van der Waals surface area (Å²) in [4.78, 5) is 37.9. The molecule has 0 aliphatic carbocycles. The third-order valence-corrected chi connectivity index (χ3v) is 5.26. The van der Waals surface area contributed by atoms with Crippen molar-refractivity contribution < 1.29 is 14.5 Å². The molecule has 138 valence electrons. The molecule has 0 N–H and O–H groups in total. The molecule has 1 aliphatic rings. The summed E-state index contributed by atoms with van der Waals surface area (Å²) in [6, 6.07) is 12.2. The van der Waals surface area contributed by atoms with Crippen molar-refractivity contribution in [3.8, 4) is 0 Å². The first-order valence-electron chi connectivity index (χ1n) is 8.10. The molecule has 1 aliphatic heterocycles. The summed E-state index contributed by atoms with van der Waals surface area (Å²) < 4.78 is 0. The van der Waals surface area contributed by atoms with E-state index in [1.54, 1.807) is 24.3 Å². The van der Waals surface area contributed by atoms with Crippen LogP contribution in [0.2, 0.25) is 5.02 Å². The third kappa shape index (κ3) is 3.61. The first-order valence-corrected chi connectivity index (χ1v) is 9.36. The number of nitro benzene ring substituents is 1. The Morgan fingerprint density at radius 2 is 1.67 bits per heavy atom. The van der Waals surface area contributed by atoms with Gasteiger partial charge in [0.2, 0.25) is 0 Å². The lowest BCUT2D eigenvalue weighted by atomic mass is 10.1. The zero-order chi connectivity index (χ0) is 19.7. The van der Waals surface area contributed by atoms with Crippen molar-refractivity contribution in [1.82, 2.24) is 0 Å². The van der Waals surface area contributed by atoms with E-state index in [0.717, 1.165) is 4.90 Å². The van der Waals surface area contributed by atoms with Gasteiger partial charge in [0.15, 0.2) is 0 Å². The van der Waals surface area contributed by atoms with Crippen LogP contribution in [-0.2, 0) is 9.59 Å². The molecule has 3 rings (SSSR count). The predicted molar refractivity (Wildman–Crippen MR) is 107 cm³/mol. The highest BCUT2D eigenvalue weighted by molar-refractivity contribution is 8.04. The largest absolute Gasteiger partial charge is 0.272 e. The first-order chi connectivity index (χ1) is 12.8. The molecule has 0 saturated heterocycles. The van der Waals surface area contributed by atoms with E-state index in [9.17, 15) is 19.7 Å². The van der Waals surface area contributed by atoms with Crippen molar-refractivity contribution in [2.75, 3.05) is 4.90 Å². The number of para-hydroxylation sites is 1. The normalized spacial score (nSPS) is 14.4. The molecule has 8 heteroatoms. The van der Waals surface area contributed by atoms with Crippen molar-refractivity contribution in [1.29, 1.82) is 0 Å². The van der Waals surface area contributed by atoms with Gasteiger partial charge in [-0.25, -0.2) is 4.90 Å². The van der Waals surface area contributed by atoms with Gasteiger partial charge < -0.3 is 0 Å². The minimum atomic E-state index is -0.514. The van der Waals surface area contributed by atoms with E-state index in [-0.39, 0.29) is 21.5 Å². The van der Waals surface area contributed by atoms with Crippen LogP contribution in [0, 0.1) is 10.1 Å². The predicted octanol–water partition coefficient (Wildman–Crippen LogP) is 4.67. The van der Waals surface area contributed by atoms with Gasteiger partial charge in [-0.3, -0.25) is 19.7 Å². The lowest BCUT2D eigenvalue weighted by Crippen LogP contribution is -2.31.